The van der Waals surface area contributed by atoms with Crippen LogP contribution < -0.4 is 0 Å². The van der Waals surface area contributed by atoms with E-state index in [2.05, 4.69) is 15.5 Å². The number of benzene rings is 1. The van der Waals surface area contributed by atoms with Crippen LogP contribution in [-0.2, 0) is 24.2 Å². The van der Waals surface area contributed by atoms with Crippen molar-refractivity contribution in [3.05, 3.63) is 53.6 Å². The maximum atomic E-state index is 14.3. The Balaban J connectivity index is 1.55. The van der Waals surface area contributed by atoms with Gasteiger partial charge in [-0.2, -0.15) is 0 Å². The number of unbranched alkanes of at least 4 members (excludes halogenated alkanes) is 1. The van der Waals surface area contributed by atoms with Gasteiger partial charge >= 0.3 is 0 Å². The summed E-state index contributed by atoms with van der Waals surface area (Å²) in [6.45, 7) is 0.460. The number of aliphatic hydroxyl groups excluding tert-OH is 1. The van der Waals surface area contributed by atoms with Crippen LogP contribution in [0.15, 0.2) is 42.2 Å². The van der Waals surface area contributed by atoms with Crippen LogP contribution in [0.3, 0.4) is 0 Å². The molecule has 1 aliphatic rings. The fourth-order valence-electron chi connectivity index (χ4n) is 3.52. The lowest BCUT2D eigenvalue weighted by Gasteiger charge is -2.25. The number of likely N-dealkylation sites (tertiary alicyclic amines) is 1. The highest BCUT2D eigenvalue weighted by molar-refractivity contribution is 5.79. The lowest BCUT2D eigenvalue weighted by Crippen LogP contribution is -2.35. The second-order valence-corrected chi connectivity index (χ2v) is 7.22. The predicted molar refractivity (Wildman–Crippen MR) is 102 cm³/mol. The molecule has 0 saturated carbocycles. The second kappa shape index (κ2) is 9.11. The number of tetrazole rings is 1. The molecule has 2 aromatic rings. The Labute approximate surface area is 168 Å². The lowest BCUT2D eigenvalue weighted by atomic mass is 10.0. The van der Waals surface area contributed by atoms with E-state index in [-0.39, 0.29) is 17.2 Å². The Morgan fingerprint density at radius 1 is 1.31 bits per heavy atom. The first kappa shape index (κ1) is 20.9. The third-order valence-electron chi connectivity index (χ3n) is 5.19. The minimum atomic E-state index is -3.08. The molecule has 156 valence electrons. The van der Waals surface area contributed by atoms with Gasteiger partial charge in [0.2, 0.25) is 5.91 Å². The fraction of sp³-hybridized carbons (Fsp3) is 0.500. The zero-order valence-corrected chi connectivity index (χ0v) is 16.3. The van der Waals surface area contributed by atoms with Crippen molar-refractivity contribution in [1.29, 1.82) is 0 Å². The maximum absolute atomic E-state index is 14.3. The van der Waals surface area contributed by atoms with Gasteiger partial charge in [0.25, 0.3) is 5.92 Å². The van der Waals surface area contributed by atoms with Crippen LogP contribution in [0.5, 0.6) is 0 Å². The van der Waals surface area contributed by atoms with Crippen LogP contribution in [0, 0.1) is 0 Å². The molecule has 0 bridgehead atoms. The van der Waals surface area contributed by atoms with Gasteiger partial charge in [0.15, 0.2) is 5.82 Å². The summed E-state index contributed by atoms with van der Waals surface area (Å²) < 4.78 is 30.3. The molecule has 2 heterocycles. The molecular weight excluding hydrogens is 380 g/mol. The third-order valence-corrected chi connectivity index (χ3v) is 5.19. The van der Waals surface area contributed by atoms with E-state index in [4.69, 9.17) is 0 Å². The van der Waals surface area contributed by atoms with E-state index in [1.807, 2.05) is 0 Å². The van der Waals surface area contributed by atoms with Crippen LogP contribution in [0.1, 0.15) is 43.5 Å². The third kappa shape index (κ3) is 5.16. The minimum Gasteiger partial charge on any atom is -0.510 e. The maximum Gasteiger partial charge on any atom is 0.276 e. The smallest absolute Gasteiger partial charge is 0.276 e. The zero-order chi connectivity index (χ0) is 20.9. The van der Waals surface area contributed by atoms with Gasteiger partial charge < -0.3 is 10.0 Å². The highest BCUT2D eigenvalue weighted by Gasteiger charge is 2.35. The molecule has 0 radical (unpaired) electrons. The van der Waals surface area contributed by atoms with Crippen LogP contribution >= 0.6 is 0 Å². The molecule has 0 spiro atoms. The topological polar surface area (TPSA) is 84.1 Å². The highest BCUT2D eigenvalue weighted by Crippen LogP contribution is 2.33. The molecule has 0 unspecified atom stereocenters. The summed E-state index contributed by atoms with van der Waals surface area (Å²) in [5, 5.41) is 21.7. The molecule has 7 nitrogen and oxygen atoms in total. The predicted octanol–water partition coefficient (Wildman–Crippen LogP) is 3.15. The number of hydrogen-bond donors (Lipinski definition) is 1. The van der Waals surface area contributed by atoms with Crippen LogP contribution in [0.2, 0.25) is 0 Å². The Morgan fingerprint density at radius 2 is 2.07 bits per heavy atom. The molecule has 29 heavy (non-hydrogen) atoms. The minimum absolute atomic E-state index is 0.0647. The molecular formula is C20H25F2N5O2. The summed E-state index contributed by atoms with van der Waals surface area (Å²) in [4.78, 5) is 13.8. The van der Waals surface area contributed by atoms with Crippen molar-refractivity contribution in [2.24, 2.45) is 7.05 Å². The van der Waals surface area contributed by atoms with Crippen molar-refractivity contribution in [2.75, 3.05) is 6.54 Å². The molecule has 1 saturated heterocycles. The molecule has 1 aliphatic heterocycles. The van der Waals surface area contributed by atoms with E-state index in [0.29, 0.717) is 32.2 Å². The van der Waals surface area contributed by atoms with E-state index < -0.39 is 18.4 Å². The molecule has 1 atom stereocenters. The average Bonchev–Trinajstić information content (AvgIpc) is 3.29. The molecule has 1 aromatic carbocycles. The first-order valence-electron chi connectivity index (χ1n) is 9.71. The van der Waals surface area contributed by atoms with Crippen LogP contribution in [0.4, 0.5) is 8.78 Å². The number of halogens is 2. The Morgan fingerprint density at radius 3 is 2.76 bits per heavy atom. The average molecular weight is 405 g/mol. The normalized spacial score (nSPS) is 17.9. The van der Waals surface area contributed by atoms with Gasteiger partial charge in [-0.25, -0.2) is 13.5 Å². The number of hydrogen-bond acceptors (Lipinski definition) is 5. The van der Waals surface area contributed by atoms with E-state index in [9.17, 15) is 18.7 Å². The van der Waals surface area contributed by atoms with E-state index in [0.717, 1.165) is 18.3 Å². The summed E-state index contributed by atoms with van der Waals surface area (Å²) in [7, 11) is 1.77. The van der Waals surface area contributed by atoms with Gasteiger partial charge in [-0.1, -0.05) is 30.3 Å². The monoisotopic (exact) mass is 405 g/mol. The van der Waals surface area contributed by atoms with Crippen molar-refractivity contribution >= 4 is 5.91 Å². The van der Waals surface area contributed by atoms with E-state index in [1.165, 1.54) is 12.1 Å². The Hall–Kier alpha value is -2.84. The van der Waals surface area contributed by atoms with Gasteiger partial charge in [-0.05, 0) is 35.8 Å². The number of aryl methyl sites for hydroxylation is 2. The Kier molecular flexibility index (Phi) is 6.56. The van der Waals surface area contributed by atoms with Gasteiger partial charge in [0.1, 0.15) is 5.76 Å². The van der Waals surface area contributed by atoms with Gasteiger partial charge in [-0.3, -0.25) is 4.79 Å². The zero-order valence-electron chi connectivity index (χ0n) is 16.3. The first-order valence-corrected chi connectivity index (χ1v) is 9.71. The summed E-state index contributed by atoms with van der Waals surface area (Å²) in [5.41, 5.74) is -0.0957. The SMILES string of the molecule is Cn1nnnc1CCCCN1C(=O)CC[C@@H]1C(O)=CCC(F)(F)c1ccccc1. The summed E-state index contributed by atoms with van der Waals surface area (Å²) in [6, 6.07) is 6.98. The van der Waals surface area contributed by atoms with Crippen molar-refractivity contribution in [3.8, 4) is 0 Å². The number of nitrogens with zero attached hydrogens (tertiary/aromatic N) is 5. The molecule has 3 rings (SSSR count). The van der Waals surface area contributed by atoms with Crippen molar-refractivity contribution in [3.63, 3.8) is 0 Å². The Bertz CT molecular complexity index is 854. The molecule has 0 aliphatic carbocycles. The summed E-state index contributed by atoms with van der Waals surface area (Å²) in [5.74, 6) is -2.54. The van der Waals surface area contributed by atoms with Gasteiger partial charge in [-0.15, -0.1) is 5.10 Å². The van der Waals surface area contributed by atoms with Crippen LogP contribution in [0.25, 0.3) is 0 Å². The molecule has 1 N–H and O–H groups in total. The van der Waals surface area contributed by atoms with Gasteiger partial charge in [0, 0.05) is 38.4 Å². The van der Waals surface area contributed by atoms with Crippen molar-refractivity contribution in [2.45, 2.75) is 50.5 Å². The molecule has 1 fully saturated rings. The number of carbonyl (C=O) groups excluding carboxylic acids is 1. The van der Waals surface area contributed by atoms with Gasteiger partial charge in [0.05, 0.1) is 6.04 Å². The fourth-order valence-corrected chi connectivity index (χ4v) is 3.52. The number of carbonyl (C=O) groups is 1. The lowest BCUT2D eigenvalue weighted by molar-refractivity contribution is -0.128. The standard InChI is InChI=1S/C20H25F2N5O2/c1-26-18(23-24-25-26)9-5-6-14-27-16(10-11-19(27)29)17(28)12-13-20(21,22)15-7-3-2-4-8-15/h2-4,7-8,12,16,28H,5-6,9-11,13-14H2,1H3/t16-/m1/s1. The molecule has 1 amide bonds. The largest absolute Gasteiger partial charge is 0.510 e. The number of aromatic nitrogens is 4. The number of allylic oxidation sites excluding steroid dienone is 1. The number of amides is 1. The van der Waals surface area contributed by atoms with E-state index >= 15 is 0 Å². The van der Waals surface area contributed by atoms with Crippen LogP contribution in [-0.4, -0.2) is 48.7 Å². The van der Waals surface area contributed by atoms with Crippen molar-refractivity contribution in [1.82, 2.24) is 25.1 Å². The molecule has 1 aromatic heterocycles. The summed E-state index contributed by atoms with van der Waals surface area (Å²) >= 11 is 0. The number of aliphatic hydroxyl groups is 1. The van der Waals surface area contributed by atoms with E-state index in [1.54, 1.807) is 34.8 Å². The number of alkyl halides is 2. The quantitative estimate of drug-likeness (QED) is 0.512. The van der Waals surface area contributed by atoms with Crippen molar-refractivity contribution < 1.29 is 18.7 Å². The first-order chi connectivity index (χ1) is 13.9. The summed E-state index contributed by atoms with van der Waals surface area (Å²) in [6.07, 6.45) is 3.45. The highest BCUT2D eigenvalue weighted by atomic mass is 19.3. The second-order valence-electron chi connectivity index (χ2n) is 7.22. The number of rotatable bonds is 9. The molecule has 9 heteroatoms.